The molecule has 0 bridgehead atoms. The van der Waals surface area contributed by atoms with Crippen molar-refractivity contribution in [3.63, 3.8) is 0 Å². The van der Waals surface area contributed by atoms with Crippen molar-refractivity contribution < 1.29 is 0 Å². The second-order valence-electron chi connectivity index (χ2n) is 24.8. The van der Waals surface area contributed by atoms with Gasteiger partial charge in [-0.1, -0.05) is 112 Å². The molecule has 0 aliphatic carbocycles. The van der Waals surface area contributed by atoms with E-state index in [4.69, 9.17) is 0 Å². The van der Waals surface area contributed by atoms with Gasteiger partial charge in [0.25, 0.3) is 0 Å². The second-order valence-corrected chi connectivity index (χ2v) is 24.8. The summed E-state index contributed by atoms with van der Waals surface area (Å²) in [5, 5.41) is 5.24. The first kappa shape index (κ1) is 58.0. The van der Waals surface area contributed by atoms with Crippen LogP contribution >= 0.6 is 0 Å². The van der Waals surface area contributed by atoms with Gasteiger partial charge in [0.05, 0.1) is 0 Å². The fourth-order valence-corrected chi connectivity index (χ4v) is 14.8. The molecule has 0 fully saturated rings. The molecule has 0 saturated carbocycles. The van der Waals surface area contributed by atoms with Crippen molar-refractivity contribution in [2.24, 2.45) is 0 Å². The molecule has 0 aliphatic heterocycles. The molecule has 9 rings (SSSR count). The van der Waals surface area contributed by atoms with Crippen molar-refractivity contribution in [2.75, 3.05) is 0 Å². The Morgan fingerprint density at radius 3 is 0.462 bits per heavy atom. The fraction of sp³-hybridized carbons (Fsp3) is 0. The van der Waals surface area contributed by atoms with Gasteiger partial charge in [-0.2, -0.15) is 0 Å². The normalized spacial score (nSPS) is 11.5. The lowest BCUT2D eigenvalue weighted by molar-refractivity contribution is 1.71. The third-order valence-corrected chi connectivity index (χ3v) is 21.9. The minimum Gasteiger partial charge on any atom is -0.102 e. The molecule has 0 saturated heterocycles. The molecule has 0 aromatic heterocycles. The minimum atomic E-state index is 1.29. The predicted molar refractivity (Wildman–Crippen MR) is 443 cm³/mol. The van der Waals surface area contributed by atoms with E-state index in [9.17, 15) is 0 Å². The summed E-state index contributed by atoms with van der Waals surface area (Å²) >= 11 is 0. The van der Waals surface area contributed by atoms with Gasteiger partial charge >= 0.3 is 0 Å². The second kappa shape index (κ2) is 20.7. The van der Waals surface area contributed by atoms with Gasteiger partial charge in [-0.15, -0.1) is 65.6 Å². The molecule has 0 atom stereocenters. The van der Waals surface area contributed by atoms with Crippen LogP contribution in [0, 0.1) is 0 Å². The summed E-state index contributed by atoms with van der Waals surface area (Å²) < 4.78 is 0. The molecule has 0 nitrogen and oxygen atoms in total. The summed E-state index contributed by atoms with van der Waals surface area (Å²) in [6, 6.07) is 15.2. The molecule has 9 aromatic rings. The summed E-state index contributed by atoms with van der Waals surface area (Å²) in [7, 11) is 65.9. The summed E-state index contributed by atoms with van der Waals surface area (Å²) in [4.78, 5) is 0. The van der Waals surface area contributed by atoms with Crippen molar-refractivity contribution in [3.05, 3.63) is 36.4 Å². The monoisotopic (exact) mass is 971 g/mol. The zero-order chi connectivity index (χ0) is 57.6. The molecule has 0 spiro atoms. The van der Waals surface area contributed by atoms with Crippen LogP contribution in [0.3, 0.4) is 0 Å². The van der Waals surface area contributed by atoms with Crippen LogP contribution in [0.1, 0.15) is 0 Å². The largest absolute Gasteiger partial charge is 0.139 e. The molecule has 0 heterocycles. The first-order chi connectivity index (χ1) is 36.4. The maximum Gasteiger partial charge on any atom is 0.139 e. The zero-order valence-corrected chi connectivity index (χ0v) is 53.5. The molecular weight excluding hydrogens is 903 g/mol. The molecule has 346 valence electrons. The smallest absolute Gasteiger partial charge is 0.102 e. The Morgan fingerprint density at radius 2 is 0.269 bits per heavy atom. The zero-order valence-electron chi connectivity index (χ0n) is 53.5. The van der Waals surface area contributed by atoms with E-state index in [1.54, 1.807) is 0 Å². The lowest BCUT2D eigenvalue weighted by Gasteiger charge is -2.30. The average molecular weight is 966 g/mol. The summed E-state index contributed by atoms with van der Waals surface area (Å²) in [6.45, 7) is 0. The fourth-order valence-electron chi connectivity index (χ4n) is 14.8. The van der Waals surface area contributed by atoms with Crippen molar-refractivity contribution in [1.82, 2.24) is 0 Å². The van der Waals surface area contributed by atoms with Gasteiger partial charge in [0.15, 0.2) is 0 Å². The average Bonchev–Trinajstić information content (AvgIpc) is 3.62. The van der Waals surface area contributed by atoms with E-state index in [0.717, 1.165) is 0 Å². The van der Waals surface area contributed by atoms with Crippen molar-refractivity contribution in [3.8, 4) is 66.8 Å². The van der Waals surface area contributed by atoms with Crippen LogP contribution in [0.4, 0.5) is 0 Å². The minimum absolute atomic E-state index is 1.29. The van der Waals surface area contributed by atoms with E-state index in [1.165, 1.54) is 241 Å². The molecule has 0 aliphatic rings. The molecule has 0 unspecified atom stereocenters. The van der Waals surface area contributed by atoms with Crippen molar-refractivity contribution >= 4 is 394 Å². The van der Waals surface area contributed by atoms with Crippen LogP contribution in [-0.2, 0) is 0 Å². The molecule has 0 N–H and O–H groups in total. The highest BCUT2D eigenvalue weighted by atomic mass is 14.3. The Bertz CT molecular complexity index is 3790. The predicted octanol–water partition coefficient (Wildman–Crippen LogP) is -34.8. The third kappa shape index (κ3) is 8.37. The Kier molecular flexibility index (Phi) is 15.4. The highest BCUT2D eigenvalue weighted by Crippen LogP contribution is 2.44. The van der Waals surface area contributed by atoms with Gasteiger partial charge < -0.3 is 0 Å². The van der Waals surface area contributed by atoms with E-state index in [-0.39, 0.29) is 0 Å². The first-order valence-corrected chi connectivity index (χ1v) is 29.0. The molecule has 0 amide bonds. The molecule has 9 aromatic carbocycles. The van der Waals surface area contributed by atoms with Gasteiger partial charge in [-0.3, -0.25) is 0 Å². The Balaban J connectivity index is 1.55. The maximum atomic E-state index is 2.60. The van der Waals surface area contributed by atoms with Gasteiger partial charge in [0.1, 0.15) is 220 Å². The first-order valence-electron chi connectivity index (χ1n) is 29.0. The van der Waals surface area contributed by atoms with Gasteiger partial charge in [-0.05, 0) is 100 Å². The van der Waals surface area contributed by atoms with Crippen LogP contribution < -0.4 is 153 Å². The summed E-state index contributed by atoms with van der Waals surface area (Å²) in [5.74, 6) is 0. The van der Waals surface area contributed by atoms with Crippen LogP contribution in [0.5, 0.6) is 0 Å². The lowest BCUT2D eigenvalue weighted by atomic mass is 9.55. The maximum absolute atomic E-state index is 2.60. The van der Waals surface area contributed by atoms with E-state index in [0.29, 0.717) is 0 Å². The van der Waals surface area contributed by atoms with Crippen LogP contribution in [0.15, 0.2) is 36.4 Å². The van der Waals surface area contributed by atoms with Gasteiger partial charge in [-0.25, -0.2) is 0 Å². The summed E-state index contributed by atoms with van der Waals surface area (Å²) in [6.07, 6.45) is 0. The van der Waals surface area contributed by atoms with E-state index in [1.807, 2.05) is 0 Å². The molecular formula is C50H62B28. The molecule has 28 heteroatoms. The Morgan fingerprint density at radius 1 is 0.128 bits per heavy atom. The van der Waals surface area contributed by atoms with Crippen molar-refractivity contribution in [2.45, 2.75) is 0 Å². The number of rotatable bonds is 6. The van der Waals surface area contributed by atoms with E-state index >= 15 is 0 Å². The number of hydrogen-bond donors (Lipinski definition) is 0. The SMILES string of the molecule is Bc1c(B)c(B)c(-c2ccc3c(-c4c(B)c(B)c(-c5c(B)c(B)c(B)c(B)c5B)c(B)c4B)c4cc(-c5c(B)c(B)c(B)c(B)c5B)ccc4c(-c4c(B)c(B)c(-c5c(B)c(B)c(B)c(B)c5B)c(B)c4B)c3c2)c(B)c1B. The van der Waals surface area contributed by atoms with Crippen LogP contribution in [0.25, 0.3) is 88.3 Å². The standard InChI is InChI=1S/C50H62B28/c51-23-13(24(52)40(68)47(75)39(23)67)7-1-3-9-11(5-7)16(18-29(57)33(61)20(34(62)30(18)58)22-37(65)45(73)50(78)46(74)38(22)66)10-4-2-8(14-25(53)41(69)48(76)42(70)26(14)54)6-12(10)15(9)17-27(55)31(59)19(32(60)28(17)56)21-35(63)43(71)49(77)44(72)36(21)64/h1-6H,51-78H2. The van der Waals surface area contributed by atoms with E-state index < -0.39 is 0 Å². The highest BCUT2D eigenvalue weighted by Gasteiger charge is 2.29. The third-order valence-electron chi connectivity index (χ3n) is 21.9. The van der Waals surface area contributed by atoms with Crippen molar-refractivity contribution in [1.29, 1.82) is 0 Å². The molecule has 78 heavy (non-hydrogen) atoms. The van der Waals surface area contributed by atoms with E-state index in [2.05, 4.69) is 256 Å². The number of benzene rings is 9. The van der Waals surface area contributed by atoms with Crippen LogP contribution in [-0.4, -0.2) is 220 Å². The topological polar surface area (TPSA) is 0 Å². The molecule has 0 radical (unpaired) electrons. The Hall–Kier alpha value is -4.68. The highest BCUT2D eigenvalue weighted by molar-refractivity contribution is 6.75. The number of hydrogen-bond acceptors (Lipinski definition) is 0. The van der Waals surface area contributed by atoms with Gasteiger partial charge in [0, 0.05) is 0 Å². The lowest BCUT2D eigenvalue weighted by Crippen LogP contribution is -2.57. The van der Waals surface area contributed by atoms with Gasteiger partial charge in [0.2, 0.25) is 0 Å². The van der Waals surface area contributed by atoms with Crippen LogP contribution in [0.2, 0.25) is 0 Å². The number of fused-ring (bicyclic) bond motifs is 2. The summed E-state index contributed by atoms with van der Waals surface area (Å²) in [5.41, 5.74) is 55.0. The Labute approximate surface area is 493 Å². The quantitative estimate of drug-likeness (QED) is 0.115.